The molecule has 4 nitrogen and oxygen atoms in total. The van der Waals surface area contributed by atoms with Crippen LogP contribution in [0.4, 0.5) is 4.39 Å². The summed E-state index contributed by atoms with van der Waals surface area (Å²) in [6.45, 7) is 2.68. The Balaban J connectivity index is 1.63. The topological polar surface area (TPSA) is 40.5 Å². The Kier molecular flexibility index (Phi) is 5.06. The van der Waals surface area contributed by atoms with Gasteiger partial charge < -0.3 is 10.2 Å². The van der Waals surface area contributed by atoms with E-state index in [-0.39, 0.29) is 17.8 Å². The molecular weight excluding hydrogens is 347 g/mol. The van der Waals surface area contributed by atoms with Crippen LogP contribution in [-0.2, 0) is 6.54 Å². The lowest BCUT2D eigenvalue weighted by Gasteiger charge is -2.21. The molecule has 0 radical (unpaired) electrons. The van der Waals surface area contributed by atoms with Gasteiger partial charge in [0.25, 0.3) is 0 Å². The van der Waals surface area contributed by atoms with Gasteiger partial charge in [-0.2, -0.15) is 0 Å². The minimum absolute atomic E-state index is 0.0883. The molecule has 0 bridgehead atoms. The van der Waals surface area contributed by atoms with Crippen LogP contribution in [0, 0.1) is 12.7 Å². The molecule has 1 aliphatic rings. The molecule has 0 spiro atoms. The van der Waals surface area contributed by atoms with Gasteiger partial charge in [-0.05, 0) is 25.5 Å². The van der Waals surface area contributed by atoms with Crippen molar-refractivity contribution in [3.8, 4) is 0 Å². The second kappa shape index (κ2) is 7.07. The monoisotopic (exact) mass is 366 g/mol. The van der Waals surface area contributed by atoms with Gasteiger partial charge in [0, 0.05) is 42.0 Å². The van der Waals surface area contributed by atoms with E-state index in [9.17, 15) is 4.39 Å². The van der Waals surface area contributed by atoms with Gasteiger partial charge in [-0.15, -0.1) is 11.3 Å². The zero-order chi connectivity index (χ0) is 17.3. The number of thiazole rings is 1. The lowest BCUT2D eigenvalue weighted by Crippen LogP contribution is -2.40. The highest BCUT2D eigenvalue weighted by molar-refractivity contribution is 7.09. The van der Waals surface area contributed by atoms with Crippen molar-refractivity contribution >= 4 is 28.9 Å². The number of hydrogen-bond donors (Lipinski definition) is 1. The van der Waals surface area contributed by atoms with Crippen molar-refractivity contribution in [3.05, 3.63) is 50.7 Å². The minimum Gasteiger partial charge on any atom is -0.353 e. The average Bonchev–Trinajstić information content (AvgIpc) is 3.16. The smallest absolute Gasteiger partial charge is 0.193 e. The van der Waals surface area contributed by atoms with E-state index in [1.807, 2.05) is 18.9 Å². The molecule has 1 fully saturated rings. The highest BCUT2D eigenvalue weighted by Crippen LogP contribution is 2.44. The number of halogens is 2. The van der Waals surface area contributed by atoms with Gasteiger partial charge in [0.15, 0.2) is 5.96 Å². The maximum Gasteiger partial charge on any atom is 0.193 e. The number of nitrogens with zero attached hydrogens (tertiary/aromatic N) is 3. The third-order valence-electron chi connectivity index (χ3n) is 4.11. The summed E-state index contributed by atoms with van der Waals surface area (Å²) >= 11 is 7.80. The van der Waals surface area contributed by atoms with E-state index in [0.29, 0.717) is 17.1 Å². The number of benzene rings is 1. The van der Waals surface area contributed by atoms with E-state index in [1.165, 1.54) is 6.07 Å². The molecule has 2 unspecified atom stereocenters. The van der Waals surface area contributed by atoms with Crippen LogP contribution in [0.5, 0.6) is 0 Å². The standard InChI is InChI=1S/C17H20ClFN4S/c1-10-21-11(9-24-10)8-23(3)17(20-2)22-15-7-12(15)16-13(18)5-4-6-14(16)19/h4-6,9,12,15H,7-8H2,1-3H3,(H,20,22). The molecule has 1 aliphatic carbocycles. The summed E-state index contributed by atoms with van der Waals surface area (Å²) in [6.07, 6.45) is 0.851. The van der Waals surface area contributed by atoms with Crippen LogP contribution in [0.2, 0.25) is 5.02 Å². The predicted octanol–water partition coefficient (Wildman–Crippen LogP) is 3.81. The first-order valence-corrected chi connectivity index (χ1v) is 9.04. The Morgan fingerprint density at radius 1 is 1.54 bits per heavy atom. The number of guanidine groups is 1. The van der Waals surface area contributed by atoms with Crippen molar-refractivity contribution in [1.82, 2.24) is 15.2 Å². The van der Waals surface area contributed by atoms with Crippen LogP contribution < -0.4 is 5.32 Å². The van der Waals surface area contributed by atoms with Crippen molar-refractivity contribution in [2.24, 2.45) is 4.99 Å². The molecule has 1 aromatic heterocycles. The van der Waals surface area contributed by atoms with Gasteiger partial charge in [0.1, 0.15) is 5.82 Å². The summed E-state index contributed by atoms with van der Waals surface area (Å²) in [5.74, 6) is 0.629. The van der Waals surface area contributed by atoms with E-state index < -0.39 is 0 Å². The van der Waals surface area contributed by atoms with E-state index in [1.54, 1.807) is 30.5 Å². The average molecular weight is 367 g/mol. The molecule has 0 aliphatic heterocycles. The molecule has 0 saturated heterocycles. The summed E-state index contributed by atoms with van der Waals surface area (Å²) in [5, 5.41) is 7.00. The molecule has 128 valence electrons. The van der Waals surface area contributed by atoms with E-state index in [0.717, 1.165) is 23.1 Å². The number of rotatable bonds is 4. The van der Waals surface area contributed by atoms with Crippen LogP contribution in [0.15, 0.2) is 28.6 Å². The van der Waals surface area contributed by atoms with E-state index in [4.69, 9.17) is 11.6 Å². The molecule has 1 saturated carbocycles. The molecule has 7 heteroatoms. The number of aliphatic imine (C=N–C) groups is 1. The summed E-state index contributed by atoms with van der Waals surface area (Å²) < 4.78 is 14.0. The first-order chi connectivity index (χ1) is 11.5. The Bertz CT molecular complexity index is 741. The van der Waals surface area contributed by atoms with Gasteiger partial charge >= 0.3 is 0 Å². The second-order valence-electron chi connectivity index (χ2n) is 5.99. The summed E-state index contributed by atoms with van der Waals surface area (Å²) in [6, 6.07) is 4.98. The molecule has 1 aromatic carbocycles. The highest BCUT2D eigenvalue weighted by Gasteiger charge is 2.42. The van der Waals surface area contributed by atoms with Crippen molar-refractivity contribution in [2.75, 3.05) is 14.1 Å². The SMILES string of the molecule is CN=C(NC1CC1c1c(F)cccc1Cl)N(C)Cc1csc(C)n1. The molecule has 1 N–H and O–H groups in total. The van der Waals surface area contributed by atoms with Crippen molar-refractivity contribution in [2.45, 2.75) is 31.8 Å². The molecule has 1 heterocycles. The first-order valence-electron chi connectivity index (χ1n) is 7.79. The van der Waals surface area contributed by atoms with Crippen LogP contribution in [0.3, 0.4) is 0 Å². The molecule has 0 amide bonds. The summed E-state index contributed by atoms with van der Waals surface area (Å²) in [5.41, 5.74) is 1.62. The number of aryl methyl sites for hydroxylation is 1. The molecule has 2 aromatic rings. The number of aromatic nitrogens is 1. The van der Waals surface area contributed by atoms with Gasteiger partial charge in [-0.1, -0.05) is 17.7 Å². The fraction of sp³-hybridized carbons (Fsp3) is 0.412. The largest absolute Gasteiger partial charge is 0.353 e. The van der Waals surface area contributed by atoms with E-state index >= 15 is 0 Å². The van der Waals surface area contributed by atoms with Gasteiger partial charge in [0.2, 0.25) is 0 Å². The Morgan fingerprint density at radius 2 is 2.33 bits per heavy atom. The number of hydrogen-bond acceptors (Lipinski definition) is 3. The zero-order valence-corrected chi connectivity index (χ0v) is 15.5. The van der Waals surface area contributed by atoms with Crippen LogP contribution >= 0.6 is 22.9 Å². The van der Waals surface area contributed by atoms with Gasteiger partial charge in [0.05, 0.1) is 17.2 Å². The van der Waals surface area contributed by atoms with Crippen LogP contribution in [0.25, 0.3) is 0 Å². The predicted molar refractivity (Wildman–Crippen MR) is 97.4 cm³/mol. The molecular formula is C17H20ClFN4S. The normalized spacial score (nSPS) is 20.1. The highest BCUT2D eigenvalue weighted by atomic mass is 35.5. The Hall–Kier alpha value is -1.66. The summed E-state index contributed by atoms with van der Waals surface area (Å²) in [7, 11) is 3.72. The van der Waals surface area contributed by atoms with Gasteiger partial charge in [-0.3, -0.25) is 4.99 Å². The Labute approximate surface area is 150 Å². The molecule has 2 atom stereocenters. The van der Waals surface area contributed by atoms with E-state index in [2.05, 4.69) is 20.7 Å². The maximum absolute atomic E-state index is 14.0. The third kappa shape index (κ3) is 3.70. The Morgan fingerprint density at radius 3 is 2.96 bits per heavy atom. The van der Waals surface area contributed by atoms with Crippen molar-refractivity contribution in [3.63, 3.8) is 0 Å². The van der Waals surface area contributed by atoms with Crippen LogP contribution in [-0.4, -0.2) is 36.0 Å². The van der Waals surface area contributed by atoms with Crippen LogP contribution in [0.1, 0.15) is 28.6 Å². The quantitative estimate of drug-likeness (QED) is 0.660. The fourth-order valence-corrected chi connectivity index (χ4v) is 3.76. The molecule has 3 rings (SSSR count). The number of nitrogens with one attached hydrogen (secondary N) is 1. The summed E-state index contributed by atoms with van der Waals surface area (Å²) in [4.78, 5) is 10.8. The second-order valence-corrected chi connectivity index (χ2v) is 7.46. The van der Waals surface area contributed by atoms with Crippen molar-refractivity contribution < 1.29 is 4.39 Å². The fourth-order valence-electron chi connectivity index (χ4n) is 2.85. The lowest BCUT2D eigenvalue weighted by molar-refractivity contribution is 0.469. The van der Waals surface area contributed by atoms with Crippen molar-refractivity contribution in [1.29, 1.82) is 0 Å². The maximum atomic E-state index is 14.0. The zero-order valence-electron chi connectivity index (χ0n) is 13.9. The molecule has 24 heavy (non-hydrogen) atoms. The lowest BCUT2D eigenvalue weighted by atomic mass is 10.1. The first kappa shape index (κ1) is 17.2. The minimum atomic E-state index is -0.238. The van der Waals surface area contributed by atoms with Gasteiger partial charge in [-0.25, -0.2) is 9.37 Å². The third-order valence-corrected chi connectivity index (χ3v) is 5.27.